The molecule has 1 amide bonds. The van der Waals surface area contributed by atoms with E-state index in [0.29, 0.717) is 5.69 Å². The number of H-pyrrole nitrogens is 2. The zero-order valence-corrected chi connectivity index (χ0v) is 16.9. The predicted molar refractivity (Wildman–Crippen MR) is 118 cm³/mol. The minimum atomic E-state index is -0.0865. The first-order chi connectivity index (χ1) is 13.7. The van der Waals surface area contributed by atoms with Gasteiger partial charge in [0, 0.05) is 24.0 Å². The Hall–Kier alpha value is -3.12. The lowest BCUT2D eigenvalue weighted by Crippen LogP contribution is -2.27. The standard InChI is InChI=1S/C22H19BrN4O/c1-27(22(28)20-7-4-12-24-20)21-13-15(14-23)8-9-16(21)10-11-19-17-5-2-3-6-18(17)25-26-19/h2-13,24H,14H2,1H3,(H,25,26). The molecule has 2 aromatic carbocycles. The van der Waals surface area contributed by atoms with E-state index < -0.39 is 0 Å². The lowest BCUT2D eigenvalue weighted by Gasteiger charge is -2.20. The van der Waals surface area contributed by atoms with Crippen molar-refractivity contribution in [3.63, 3.8) is 0 Å². The van der Waals surface area contributed by atoms with E-state index in [2.05, 4.69) is 31.1 Å². The molecule has 0 saturated heterocycles. The van der Waals surface area contributed by atoms with Gasteiger partial charge in [0.25, 0.3) is 5.91 Å². The summed E-state index contributed by atoms with van der Waals surface area (Å²) in [6, 6.07) is 17.7. The summed E-state index contributed by atoms with van der Waals surface area (Å²) >= 11 is 3.50. The van der Waals surface area contributed by atoms with Gasteiger partial charge in [-0.1, -0.05) is 52.3 Å². The highest BCUT2D eigenvalue weighted by atomic mass is 79.9. The molecule has 0 aliphatic carbocycles. The second-order valence-electron chi connectivity index (χ2n) is 6.46. The number of nitrogens with zero attached hydrogens (tertiary/aromatic N) is 2. The Morgan fingerprint density at radius 3 is 2.79 bits per heavy atom. The number of amides is 1. The van der Waals surface area contributed by atoms with E-state index in [1.807, 2.05) is 60.7 Å². The monoisotopic (exact) mass is 434 g/mol. The normalized spacial score (nSPS) is 11.4. The molecule has 2 N–H and O–H groups in total. The van der Waals surface area contributed by atoms with Gasteiger partial charge in [0.15, 0.2) is 0 Å². The molecule has 140 valence electrons. The van der Waals surface area contributed by atoms with Crippen molar-refractivity contribution >= 4 is 50.6 Å². The molecule has 2 aromatic heterocycles. The van der Waals surface area contributed by atoms with Crippen LogP contribution in [0.4, 0.5) is 5.69 Å². The number of rotatable bonds is 5. The van der Waals surface area contributed by atoms with Gasteiger partial charge in [-0.05, 0) is 41.5 Å². The van der Waals surface area contributed by atoms with Gasteiger partial charge in [0.1, 0.15) is 5.69 Å². The molecule has 0 radical (unpaired) electrons. The van der Waals surface area contributed by atoms with Crippen LogP contribution < -0.4 is 4.90 Å². The minimum absolute atomic E-state index is 0.0865. The highest BCUT2D eigenvalue weighted by molar-refractivity contribution is 9.08. The number of hydrogen-bond donors (Lipinski definition) is 2. The number of halogens is 1. The fraction of sp³-hybridized carbons (Fsp3) is 0.0909. The maximum absolute atomic E-state index is 12.8. The van der Waals surface area contributed by atoms with Crippen molar-refractivity contribution < 1.29 is 4.79 Å². The fourth-order valence-corrected chi connectivity index (χ4v) is 3.49. The first-order valence-electron chi connectivity index (χ1n) is 8.89. The summed E-state index contributed by atoms with van der Waals surface area (Å²) in [7, 11) is 1.79. The van der Waals surface area contributed by atoms with Crippen LogP contribution in [0, 0.1) is 0 Å². The number of fused-ring (bicyclic) bond motifs is 1. The Morgan fingerprint density at radius 2 is 2.00 bits per heavy atom. The number of benzene rings is 2. The third-order valence-corrected chi connectivity index (χ3v) is 5.31. The molecule has 0 fully saturated rings. The van der Waals surface area contributed by atoms with Crippen LogP contribution in [0.5, 0.6) is 0 Å². The van der Waals surface area contributed by atoms with Crippen LogP contribution in [0.1, 0.15) is 27.3 Å². The minimum Gasteiger partial charge on any atom is -0.357 e. The van der Waals surface area contributed by atoms with Crippen molar-refractivity contribution in [3.05, 3.63) is 83.3 Å². The van der Waals surface area contributed by atoms with E-state index >= 15 is 0 Å². The summed E-state index contributed by atoms with van der Waals surface area (Å²) < 4.78 is 0. The molecule has 0 bridgehead atoms. The quantitative estimate of drug-likeness (QED) is 0.422. The number of anilines is 1. The molecule has 0 atom stereocenters. The van der Waals surface area contributed by atoms with Crippen LogP contribution in [0.3, 0.4) is 0 Å². The van der Waals surface area contributed by atoms with E-state index in [-0.39, 0.29) is 5.91 Å². The molecule has 4 rings (SSSR count). The van der Waals surface area contributed by atoms with Crippen LogP contribution in [0.15, 0.2) is 60.8 Å². The molecule has 0 unspecified atom stereocenters. The lowest BCUT2D eigenvalue weighted by atomic mass is 10.1. The Morgan fingerprint density at radius 1 is 1.14 bits per heavy atom. The second kappa shape index (κ2) is 7.86. The maximum atomic E-state index is 12.8. The van der Waals surface area contributed by atoms with Gasteiger partial charge in [-0.3, -0.25) is 9.89 Å². The first-order valence-corrected chi connectivity index (χ1v) is 10.0. The highest BCUT2D eigenvalue weighted by Gasteiger charge is 2.17. The van der Waals surface area contributed by atoms with Gasteiger partial charge in [0.2, 0.25) is 0 Å². The molecule has 6 heteroatoms. The van der Waals surface area contributed by atoms with Gasteiger partial charge in [-0.2, -0.15) is 5.10 Å². The number of aromatic nitrogens is 3. The lowest BCUT2D eigenvalue weighted by molar-refractivity contribution is 0.0989. The van der Waals surface area contributed by atoms with E-state index in [4.69, 9.17) is 0 Å². The SMILES string of the molecule is CN(C(=O)c1ccc[nH]1)c1cc(CBr)ccc1C=Cc1n[nH]c2ccccc12. The Labute approximate surface area is 171 Å². The van der Waals surface area contributed by atoms with E-state index in [0.717, 1.165) is 38.7 Å². The van der Waals surface area contributed by atoms with Crippen molar-refractivity contribution in [2.24, 2.45) is 0 Å². The number of para-hydroxylation sites is 1. The number of nitrogens with one attached hydrogen (secondary N) is 2. The number of aromatic amines is 2. The summed E-state index contributed by atoms with van der Waals surface area (Å²) in [5, 5.41) is 9.21. The Balaban J connectivity index is 1.71. The largest absolute Gasteiger partial charge is 0.357 e. The van der Waals surface area contributed by atoms with E-state index in [9.17, 15) is 4.79 Å². The van der Waals surface area contributed by atoms with E-state index in [1.165, 1.54) is 0 Å². The van der Waals surface area contributed by atoms with Crippen LogP contribution in [0.2, 0.25) is 0 Å². The molecule has 4 aromatic rings. The first kappa shape index (κ1) is 18.3. The zero-order chi connectivity index (χ0) is 19.5. The third kappa shape index (κ3) is 3.51. The van der Waals surface area contributed by atoms with Gasteiger partial charge in [-0.15, -0.1) is 0 Å². The van der Waals surface area contributed by atoms with E-state index in [1.54, 1.807) is 24.2 Å². The molecule has 2 heterocycles. The Bertz CT molecular complexity index is 1140. The summed E-state index contributed by atoms with van der Waals surface area (Å²) in [4.78, 5) is 17.5. The topological polar surface area (TPSA) is 64.8 Å². The average Bonchev–Trinajstić information content (AvgIpc) is 3.41. The summed E-state index contributed by atoms with van der Waals surface area (Å²) in [5.41, 5.74) is 5.30. The van der Waals surface area contributed by atoms with Crippen molar-refractivity contribution in [1.82, 2.24) is 15.2 Å². The van der Waals surface area contributed by atoms with Crippen LogP contribution >= 0.6 is 15.9 Å². The average molecular weight is 435 g/mol. The van der Waals surface area contributed by atoms with Gasteiger partial charge in [0.05, 0.1) is 16.9 Å². The zero-order valence-electron chi connectivity index (χ0n) is 15.3. The molecule has 28 heavy (non-hydrogen) atoms. The van der Waals surface area contributed by atoms with Crippen molar-refractivity contribution in [3.8, 4) is 0 Å². The molecule has 5 nitrogen and oxygen atoms in total. The highest BCUT2D eigenvalue weighted by Crippen LogP contribution is 2.27. The third-order valence-electron chi connectivity index (χ3n) is 4.66. The van der Waals surface area contributed by atoms with Gasteiger partial charge < -0.3 is 9.88 Å². The fourth-order valence-electron chi connectivity index (χ4n) is 3.14. The Kier molecular flexibility index (Phi) is 5.12. The number of carbonyl (C=O) groups is 1. The van der Waals surface area contributed by atoms with Crippen molar-refractivity contribution in [2.75, 3.05) is 11.9 Å². The molecule has 0 saturated carbocycles. The number of carbonyl (C=O) groups excluding carboxylic acids is 1. The predicted octanol–water partition coefficient (Wildman–Crippen LogP) is 5.23. The second-order valence-corrected chi connectivity index (χ2v) is 7.02. The number of alkyl halides is 1. The molecular weight excluding hydrogens is 416 g/mol. The van der Waals surface area contributed by atoms with Crippen LogP contribution in [-0.4, -0.2) is 28.1 Å². The molecule has 0 aliphatic rings. The van der Waals surface area contributed by atoms with Crippen LogP contribution in [0.25, 0.3) is 23.1 Å². The smallest absolute Gasteiger partial charge is 0.274 e. The van der Waals surface area contributed by atoms with Crippen molar-refractivity contribution in [2.45, 2.75) is 5.33 Å². The van der Waals surface area contributed by atoms with Gasteiger partial charge >= 0.3 is 0 Å². The molecule has 0 aliphatic heterocycles. The number of hydrogen-bond acceptors (Lipinski definition) is 2. The maximum Gasteiger partial charge on any atom is 0.274 e. The molecular formula is C22H19BrN4O. The van der Waals surface area contributed by atoms with Crippen molar-refractivity contribution in [1.29, 1.82) is 0 Å². The molecule has 0 spiro atoms. The van der Waals surface area contributed by atoms with Gasteiger partial charge in [-0.25, -0.2) is 0 Å². The summed E-state index contributed by atoms with van der Waals surface area (Å²) in [5.74, 6) is -0.0865. The summed E-state index contributed by atoms with van der Waals surface area (Å²) in [6.45, 7) is 0. The van der Waals surface area contributed by atoms with Crippen LogP contribution in [-0.2, 0) is 5.33 Å². The summed E-state index contributed by atoms with van der Waals surface area (Å²) in [6.07, 6.45) is 5.71.